The van der Waals surface area contributed by atoms with Crippen molar-refractivity contribution in [2.24, 2.45) is 0 Å². The highest BCUT2D eigenvalue weighted by Gasteiger charge is 2.39. The summed E-state index contributed by atoms with van der Waals surface area (Å²) in [5.74, 6) is 0. The molecule has 0 fully saturated rings. The molecule has 0 bridgehead atoms. The number of hydrogen-bond acceptors (Lipinski definition) is 4. The molecule has 1 N–H and O–H groups in total. The van der Waals surface area contributed by atoms with Gasteiger partial charge in [0.25, 0.3) is 0 Å². The molecule has 0 aromatic rings. The van der Waals surface area contributed by atoms with Crippen molar-refractivity contribution in [1.82, 2.24) is 5.32 Å². The van der Waals surface area contributed by atoms with E-state index >= 15 is 0 Å². The minimum atomic E-state index is -2.44. The zero-order valence-electron chi connectivity index (χ0n) is 19.7. The Morgan fingerprint density at radius 2 is 0.893 bits per heavy atom. The van der Waals surface area contributed by atoms with E-state index in [1.807, 2.05) is 20.8 Å². The van der Waals surface area contributed by atoms with Crippen molar-refractivity contribution in [3.63, 3.8) is 0 Å². The van der Waals surface area contributed by atoms with Crippen LogP contribution in [0.1, 0.15) is 111 Å². The first kappa shape index (κ1) is 28.1. The van der Waals surface area contributed by atoms with Crippen molar-refractivity contribution in [3.05, 3.63) is 0 Å². The summed E-state index contributed by atoms with van der Waals surface area (Å²) in [5.41, 5.74) is 0. The third-order valence-corrected chi connectivity index (χ3v) is 8.29. The van der Waals surface area contributed by atoms with Gasteiger partial charge in [-0.15, -0.1) is 0 Å². The molecule has 28 heavy (non-hydrogen) atoms. The summed E-state index contributed by atoms with van der Waals surface area (Å²) in [7, 11) is -2.44. The Kier molecular flexibility index (Phi) is 21.8. The Labute approximate surface area is 177 Å². The lowest BCUT2D eigenvalue weighted by Gasteiger charge is -2.28. The van der Waals surface area contributed by atoms with E-state index in [1.54, 1.807) is 0 Å². The van der Waals surface area contributed by atoms with E-state index in [9.17, 15) is 0 Å². The second kappa shape index (κ2) is 21.8. The maximum atomic E-state index is 5.90. The van der Waals surface area contributed by atoms with Gasteiger partial charge in [-0.05, 0) is 46.7 Å². The fourth-order valence-electron chi connectivity index (χ4n) is 3.65. The van der Waals surface area contributed by atoms with Crippen LogP contribution in [-0.4, -0.2) is 41.7 Å². The zero-order valence-corrected chi connectivity index (χ0v) is 20.7. The van der Waals surface area contributed by atoms with E-state index in [2.05, 4.69) is 12.2 Å². The summed E-state index contributed by atoms with van der Waals surface area (Å²) in [4.78, 5) is 0. The predicted octanol–water partition coefficient (Wildman–Crippen LogP) is 6.72. The molecule has 0 saturated heterocycles. The van der Waals surface area contributed by atoms with Crippen molar-refractivity contribution in [1.29, 1.82) is 0 Å². The number of hydrogen-bond donors (Lipinski definition) is 1. The lowest BCUT2D eigenvalue weighted by Crippen LogP contribution is -2.46. The van der Waals surface area contributed by atoms with Crippen LogP contribution in [0.3, 0.4) is 0 Å². The molecule has 0 aliphatic carbocycles. The fourth-order valence-corrected chi connectivity index (χ4v) is 6.26. The highest BCUT2D eigenvalue weighted by molar-refractivity contribution is 6.60. The molecule has 0 atom stereocenters. The van der Waals surface area contributed by atoms with E-state index < -0.39 is 8.80 Å². The Hall–Kier alpha value is 0.0569. The molecular weight excluding hydrogens is 366 g/mol. The summed E-state index contributed by atoms with van der Waals surface area (Å²) in [6.07, 6.45) is 17.9. The van der Waals surface area contributed by atoms with Gasteiger partial charge >= 0.3 is 8.80 Å². The van der Waals surface area contributed by atoms with Crippen LogP contribution in [0.4, 0.5) is 0 Å². The van der Waals surface area contributed by atoms with Crippen LogP contribution >= 0.6 is 0 Å². The minimum absolute atomic E-state index is 0.665. The Morgan fingerprint density at radius 1 is 0.500 bits per heavy atom. The molecule has 4 nitrogen and oxygen atoms in total. The van der Waals surface area contributed by atoms with Gasteiger partial charge < -0.3 is 18.6 Å². The van der Waals surface area contributed by atoms with Gasteiger partial charge in [0.05, 0.1) is 0 Å². The number of rotatable bonds is 23. The van der Waals surface area contributed by atoms with E-state index in [4.69, 9.17) is 13.3 Å². The van der Waals surface area contributed by atoms with Crippen LogP contribution < -0.4 is 5.32 Å². The lowest BCUT2D eigenvalue weighted by atomic mass is 10.1. The molecule has 0 aromatic heterocycles. The van der Waals surface area contributed by atoms with Crippen LogP contribution in [0.5, 0.6) is 0 Å². The van der Waals surface area contributed by atoms with Gasteiger partial charge in [0, 0.05) is 25.9 Å². The predicted molar refractivity (Wildman–Crippen MR) is 124 cm³/mol. The summed E-state index contributed by atoms with van der Waals surface area (Å²) in [6, 6.07) is 0.911. The van der Waals surface area contributed by atoms with Gasteiger partial charge in [-0.3, -0.25) is 0 Å². The zero-order chi connectivity index (χ0) is 20.8. The van der Waals surface area contributed by atoms with E-state index in [1.165, 1.54) is 77.0 Å². The number of nitrogens with one attached hydrogen (secondary N) is 1. The third-order valence-electron chi connectivity index (χ3n) is 5.14. The second-order valence-corrected chi connectivity index (χ2v) is 10.5. The molecule has 0 spiro atoms. The monoisotopic (exact) mass is 417 g/mol. The molecule has 0 aromatic carbocycles. The van der Waals surface area contributed by atoms with Gasteiger partial charge in [0.2, 0.25) is 0 Å². The highest BCUT2D eigenvalue weighted by atomic mass is 28.4. The topological polar surface area (TPSA) is 39.7 Å². The SMILES string of the molecule is CCCCCCCCCCCCCCNCCC[Si](OCC)(OCC)OCC. The van der Waals surface area contributed by atoms with Crippen LogP contribution in [-0.2, 0) is 13.3 Å². The summed E-state index contributed by atoms with van der Waals surface area (Å²) in [6.45, 7) is 12.5. The maximum Gasteiger partial charge on any atom is 0.500 e. The molecule has 0 unspecified atom stereocenters. The first-order chi connectivity index (χ1) is 13.7. The van der Waals surface area contributed by atoms with Crippen LogP contribution in [0, 0.1) is 0 Å². The molecular formula is C23H51NO3Si. The summed E-state index contributed by atoms with van der Waals surface area (Å²) < 4.78 is 17.7. The van der Waals surface area contributed by atoms with Gasteiger partial charge in [-0.2, -0.15) is 0 Å². The van der Waals surface area contributed by atoms with E-state index in [-0.39, 0.29) is 0 Å². The average molecular weight is 418 g/mol. The number of unbranched alkanes of at least 4 members (excludes halogenated alkanes) is 11. The summed E-state index contributed by atoms with van der Waals surface area (Å²) >= 11 is 0. The molecule has 0 amide bonds. The minimum Gasteiger partial charge on any atom is -0.374 e. The average Bonchev–Trinajstić information content (AvgIpc) is 2.68. The smallest absolute Gasteiger partial charge is 0.374 e. The van der Waals surface area contributed by atoms with Crippen molar-refractivity contribution in [2.45, 2.75) is 117 Å². The molecule has 5 heteroatoms. The Balaban J connectivity index is 3.46. The van der Waals surface area contributed by atoms with Gasteiger partial charge in [0.15, 0.2) is 0 Å². The van der Waals surface area contributed by atoms with E-state index in [0.29, 0.717) is 19.8 Å². The summed E-state index contributed by atoms with van der Waals surface area (Å²) in [5, 5.41) is 3.58. The highest BCUT2D eigenvalue weighted by Crippen LogP contribution is 2.18. The lowest BCUT2D eigenvalue weighted by molar-refractivity contribution is 0.0708. The van der Waals surface area contributed by atoms with Crippen LogP contribution in [0.2, 0.25) is 6.04 Å². The molecule has 0 radical (unpaired) electrons. The van der Waals surface area contributed by atoms with Crippen molar-refractivity contribution >= 4 is 8.80 Å². The molecule has 0 heterocycles. The molecule has 0 rings (SSSR count). The second-order valence-electron chi connectivity index (χ2n) is 7.72. The largest absolute Gasteiger partial charge is 0.500 e. The third kappa shape index (κ3) is 17.0. The van der Waals surface area contributed by atoms with Crippen molar-refractivity contribution in [2.75, 3.05) is 32.9 Å². The van der Waals surface area contributed by atoms with Gasteiger partial charge in [-0.25, -0.2) is 0 Å². The first-order valence-electron chi connectivity index (χ1n) is 12.4. The fraction of sp³-hybridized carbons (Fsp3) is 1.00. The molecule has 0 aliphatic rings. The molecule has 170 valence electrons. The van der Waals surface area contributed by atoms with Crippen molar-refractivity contribution < 1.29 is 13.3 Å². The van der Waals surface area contributed by atoms with Gasteiger partial charge in [0.1, 0.15) is 0 Å². The molecule has 0 aliphatic heterocycles. The normalized spacial score (nSPS) is 12.0. The maximum absolute atomic E-state index is 5.90. The van der Waals surface area contributed by atoms with Gasteiger partial charge in [-0.1, -0.05) is 77.6 Å². The van der Waals surface area contributed by atoms with Crippen LogP contribution in [0.25, 0.3) is 0 Å². The first-order valence-corrected chi connectivity index (χ1v) is 14.3. The Bertz CT molecular complexity index is 289. The standard InChI is InChI=1S/C23H51NO3Si/c1-5-9-10-11-12-13-14-15-16-17-18-19-21-24-22-20-23-28(25-6-2,26-7-3)27-8-4/h24H,5-23H2,1-4H3. The van der Waals surface area contributed by atoms with Crippen LogP contribution in [0.15, 0.2) is 0 Å². The van der Waals surface area contributed by atoms with Crippen molar-refractivity contribution in [3.8, 4) is 0 Å². The molecule has 0 saturated carbocycles. The Morgan fingerprint density at radius 3 is 1.32 bits per heavy atom. The van der Waals surface area contributed by atoms with E-state index in [0.717, 1.165) is 25.6 Å². The quantitative estimate of drug-likeness (QED) is 0.148.